The Balaban J connectivity index is 2.67. The van der Waals surface area contributed by atoms with Crippen LogP contribution >= 0.6 is 0 Å². The normalized spacial score (nSPS) is 18.4. The van der Waals surface area contributed by atoms with Crippen LogP contribution < -0.4 is 4.72 Å². The van der Waals surface area contributed by atoms with E-state index in [4.69, 9.17) is 5.11 Å². The molecule has 1 aliphatic rings. The topological polar surface area (TPSA) is 69.6 Å². The van der Waals surface area contributed by atoms with Gasteiger partial charge in [0.15, 0.2) is 0 Å². The molecule has 0 spiro atoms. The van der Waals surface area contributed by atoms with Gasteiger partial charge in [-0.15, -0.1) is 0 Å². The molecular formula is C11H24N2O3S. The monoisotopic (exact) mass is 264 g/mol. The number of hydrogen-bond acceptors (Lipinski definition) is 3. The summed E-state index contributed by atoms with van der Waals surface area (Å²) < 4.78 is 28.3. The molecule has 0 radical (unpaired) electrons. The molecule has 0 aromatic carbocycles. The average Bonchev–Trinajstić information content (AvgIpc) is 2.76. The maximum atomic E-state index is 12.1. The van der Waals surface area contributed by atoms with Crippen LogP contribution in [0.4, 0.5) is 0 Å². The minimum absolute atomic E-state index is 0.0619. The Morgan fingerprint density at radius 2 is 1.94 bits per heavy atom. The number of nitrogens with zero attached hydrogens (tertiary/aromatic N) is 1. The van der Waals surface area contributed by atoms with Crippen molar-refractivity contribution in [1.82, 2.24) is 9.03 Å². The first-order valence-corrected chi connectivity index (χ1v) is 7.78. The van der Waals surface area contributed by atoms with E-state index < -0.39 is 10.2 Å². The molecule has 6 heteroatoms. The first kappa shape index (κ1) is 14.9. The molecule has 0 atom stereocenters. The largest absolute Gasteiger partial charge is 0.395 e. The van der Waals surface area contributed by atoms with Crippen molar-refractivity contribution in [1.29, 1.82) is 0 Å². The van der Waals surface area contributed by atoms with E-state index >= 15 is 0 Å². The van der Waals surface area contributed by atoms with Crippen LogP contribution in [0.15, 0.2) is 0 Å². The SMILES string of the molecule is CC(C)CNS(=O)(=O)N(CCO)C1CCCC1. The van der Waals surface area contributed by atoms with E-state index in [1.807, 2.05) is 13.8 Å². The molecule has 0 aliphatic heterocycles. The first-order chi connectivity index (χ1) is 7.97. The van der Waals surface area contributed by atoms with E-state index in [9.17, 15) is 8.42 Å². The lowest BCUT2D eigenvalue weighted by Crippen LogP contribution is -2.47. The van der Waals surface area contributed by atoms with Crippen LogP contribution in [-0.4, -0.2) is 43.6 Å². The van der Waals surface area contributed by atoms with Crippen LogP contribution in [0.3, 0.4) is 0 Å². The Morgan fingerprint density at radius 3 is 2.41 bits per heavy atom. The Morgan fingerprint density at radius 1 is 1.35 bits per heavy atom. The molecule has 0 heterocycles. The lowest BCUT2D eigenvalue weighted by atomic mass is 10.2. The van der Waals surface area contributed by atoms with Gasteiger partial charge in [0.05, 0.1) is 6.61 Å². The van der Waals surface area contributed by atoms with Gasteiger partial charge in [-0.25, -0.2) is 4.72 Å². The van der Waals surface area contributed by atoms with Crippen molar-refractivity contribution in [2.24, 2.45) is 5.92 Å². The third-order valence-electron chi connectivity index (χ3n) is 3.04. The third-order valence-corrected chi connectivity index (χ3v) is 4.66. The number of nitrogens with one attached hydrogen (secondary N) is 1. The highest BCUT2D eigenvalue weighted by atomic mass is 32.2. The van der Waals surface area contributed by atoms with Gasteiger partial charge in [0.2, 0.25) is 0 Å². The van der Waals surface area contributed by atoms with Crippen LogP contribution in [0, 0.1) is 5.92 Å². The Kier molecular flexibility index (Phi) is 5.85. The smallest absolute Gasteiger partial charge is 0.279 e. The van der Waals surface area contributed by atoms with E-state index in [0.29, 0.717) is 6.54 Å². The Hall–Kier alpha value is -0.170. The van der Waals surface area contributed by atoms with Crippen molar-refractivity contribution >= 4 is 10.2 Å². The first-order valence-electron chi connectivity index (χ1n) is 6.34. The second-order valence-corrected chi connectivity index (χ2v) is 6.73. The zero-order valence-electron chi connectivity index (χ0n) is 10.7. The number of aliphatic hydroxyl groups excluding tert-OH is 1. The fraction of sp³-hybridized carbons (Fsp3) is 1.00. The van der Waals surface area contributed by atoms with Crippen LogP contribution in [0.25, 0.3) is 0 Å². The molecule has 17 heavy (non-hydrogen) atoms. The fourth-order valence-corrected chi connectivity index (χ4v) is 3.78. The lowest BCUT2D eigenvalue weighted by molar-refractivity contribution is 0.224. The van der Waals surface area contributed by atoms with Gasteiger partial charge in [-0.1, -0.05) is 26.7 Å². The van der Waals surface area contributed by atoms with Crippen molar-refractivity contribution < 1.29 is 13.5 Å². The molecule has 5 nitrogen and oxygen atoms in total. The summed E-state index contributed by atoms with van der Waals surface area (Å²) in [6, 6.07) is 0.0619. The van der Waals surface area contributed by atoms with Crippen LogP contribution in [0.1, 0.15) is 39.5 Å². The maximum absolute atomic E-state index is 12.1. The zero-order valence-corrected chi connectivity index (χ0v) is 11.5. The minimum atomic E-state index is -3.44. The van der Waals surface area contributed by atoms with Gasteiger partial charge < -0.3 is 5.11 Å². The van der Waals surface area contributed by atoms with Gasteiger partial charge in [0.25, 0.3) is 10.2 Å². The van der Waals surface area contributed by atoms with E-state index in [0.717, 1.165) is 25.7 Å². The molecule has 0 aromatic rings. The average molecular weight is 264 g/mol. The minimum Gasteiger partial charge on any atom is -0.395 e. The molecule has 0 bridgehead atoms. The molecule has 1 rings (SSSR count). The van der Waals surface area contributed by atoms with Crippen molar-refractivity contribution in [3.63, 3.8) is 0 Å². The highest BCUT2D eigenvalue weighted by Crippen LogP contribution is 2.24. The summed E-state index contributed by atoms with van der Waals surface area (Å²) in [5, 5.41) is 9.00. The molecule has 0 unspecified atom stereocenters. The number of rotatable bonds is 7. The van der Waals surface area contributed by atoms with E-state index in [1.165, 1.54) is 4.31 Å². The summed E-state index contributed by atoms with van der Waals surface area (Å²) in [5.74, 6) is 0.282. The van der Waals surface area contributed by atoms with Gasteiger partial charge in [0.1, 0.15) is 0 Å². The van der Waals surface area contributed by atoms with Gasteiger partial charge in [-0.05, 0) is 18.8 Å². The lowest BCUT2D eigenvalue weighted by Gasteiger charge is -2.27. The van der Waals surface area contributed by atoms with Crippen molar-refractivity contribution in [3.05, 3.63) is 0 Å². The summed E-state index contributed by atoms with van der Waals surface area (Å²) in [4.78, 5) is 0. The highest BCUT2D eigenvalue weighted by Gasteiger charge is 2.31. The molecule has 1 saturated carbocycles. The molecular weight excluding hydrogens is 240 g/mol. The molecule has 102 valence electrons. The number of aliphatic hydroxyl groups is 1. The number of hydrogen-bond donors (Lipinski definition) is 2. The second-order valence-electron chi connectivity index (χ2n) is 5.02. The van der Waals surface area contributed by atoms with Crippen LogP contribution in [-0.2, 0) is 10.2 Å². The molecule has 2 N–H and O–H groups in total. The van der Waals surface area contributed by atoms with E-state index in [2.05, 4.69) is 4.72 Å². The van der Waals surface area contributed by atoms with Gasteiger partial charge >= 0.3 is 0 Å². The predicted octanol–water partition coefficient (Wildman–Crippen LogP) is 0.714. The fourth-order valence-electron chi connectivity index (χ4n) is 2.14. The zero-order chi connectivity index (χ0) is 12.9. The molecule has 1 fully saturated rings. The van der Waals surface area contributed by atoms with Gasteiger partial charge in [0, 0.05) is 19.1 Å². The predicted molar refractivity (Wildman–Crippen MR) is 67.8 cm³/mol. The summed E-state index contributed by atoms with van der Waals surface area (Å²) in [7, 11) is -3.44. The van der Waals surface area contributed by atoms with E-state index in [1.54, 1.807) is 0 Å². The summed E-state index contributed by atoms with van der Waals surface area (Å²) >= 11 is 0. The molecule has 0 amide bonds. The van der Waals surface area contributed by atoms with E-state index in [-0.39, 0.29) is 25.1 Å². The summed E-state index contributed by atoms with van der Waals surface area (Å²) in [5.41, 5.74) is 0. The van der Waals surface area contributed by atoms with Crippen molar-refractivity contribution in [3.8, 4) is 0 Å². The van der Waals surface area contributed by atoms with Gasteiger partial charge in [-0.2, -0.15) is 12.7 Å². The van der Waals surface area contributed by atoms with Crippen molar-refractivity contribution in [2.75, 3.05) is 19.7 Å². The molecule has 0 saturated heterocycles. The van der Waals surface area contributed by atoms with Crippen LogP contribution in [0.5, 0.6) is 0 Å². The van der Waals surface area contributed by atoms with Gasteiger partial charge in [-0.3, -0.25) is 0 Å². The van der Waals surface area contributed by atoms with Crippen molar-refractivity contribution in [2.45, 2.75) is 45.6 Å². The Labute approximate surface area is 104 Å². The molecule has 1 aliphatic carbocycles. The summed E-state index contributed by atoms with van der Waals surface area (Å²) in [6.07, 6.45) is 3.96. The molecule has 0 aromatic heterocycles. The second kappa shape index (κ2) is 6.68. The highest BCUT2D eigenvalue weighted by molar-refractivity contribution is 7.87. The quantitative estimate of drug-likeness (QED) is 0.711. The standard InChI is InChI=1S/C11H24N2O3S/c1-10(2)9-12-17(15,16)13(7-8-14)11-5-3-4-6-11/h10-12,14H,3-9H2,1-2H3. The third kappa shape index (κ3) is 4.54. The Bertz CT molecular complexity index is 311. The maximum Gasteiger partial charge on any atom is 0.279 e. The van der Waals surface area contributed by atoms with Crippen LogP contribution in [0.2, 0.25) is 0 Å². The summed E-state index contributed by atoms with van der Waals surface area (Å²) in [6.45, 7) is 4.44.